The number of anilines is 1. The molecule has 18 heavy (non-hydrogen) atoms. The first kappa shape index (κ1) is 13.4. The molecule has 0 atom stereocenters. The molecule has 0 bridgehead atoms. The van der Waals surface area contributed by atoms with Crippen LogP contribution in [0.4, 0.5) is 5.69 Å². The van der Waals surface area contributed by atoms with Crippen molar-refractivity contribution in [1.29, 1.82) is 0 Å². The molecular weight excluding hydrogens is 366 g/mol. The molecule has 0 aromatic heterocycles. The van der Waals surface area contributed by atoms with Gasteiger partial charge in [-0.1, -0.05) is 21.1 Å². The molecule has 7 heteroatoms. The summed E-state index contributed by atoms with van der Waals surface area (Å²) in [4.78, 5) is 12.1. The fraction of sp³-hybridized carbons (Fsp3) is 0.273. The van der Waals surface area contributed by atoms with Crippen molar-refractivity contribution in [1.82, 2.24) is 0 Å². The van der Waals surface area contributed by atoms with Crippen LogP contribution in [0.25, 0.3) is 0 Å². The third-order valence-electron chi connectivity index (χ3n) is 2.96. The van der Waals surface area contributed by atoms with Crippen LogP contribution in [0.2, 0.25) is 0 Å². The maximum Gasteiger partial charge on any atom is 0.238 e. The molecule has 96 valence electrons. The standard InChI is InChI=1S/C11H11Br2N3O2/c12-6-1-2-7(13)8(5-6)15-10(17)11(3-4-11)9(14)16-18/h1-2,5,18H,3-4H2,(H2,14,16)(H,15,17). The fourth-order valence-corrected chi connectivity index (χ4v) is 2.36. The minimum Gasteiger partial charge on any atom is -0.409 e. The van der Waals surface area contributed by atoms with Crippen molar-refractivity contribution >= 4 is 49.3 Å². The number of carbonyl (C=O) groups excluding carboxylic acids is 1. The summed E-state index contributed by atoms with van der Waals surface area (Å²) >= 11 is 6.69. The van der Waals surface area contributed by atoms with E-state index in [1.807, 2.05) is 12.1 Å². The van der Waals surface area contributed by atoms with Crippen LogP contribution in [0.5, 0.6) is 0 Å². The zero-order valence-corrected chi connectivity index (χ0v) is 12.5. The van der Waals surface area contributed by atoms with E-state index in [-0.39, 0.29) is 11.7 Å². The number of benzene rings is 1. The Labute approximate surface area is 121 Å². The van der Waals surface area contributed by atoms with Gasteiger partial charge >= 0.3 is 0 Å². The van der Waals surface area contributed by atoms with E-state index in [0.29, 0.717) is 18.5 Å². The Morgan fingerprint density at radius 3 is 2.67 bits per heavy atom. The lowest BCUT2D eigenvalue weighted by Crippen LogP contribution is -2.36. The maximum absolute atomic E-state index is 12.1. The molecule has 2 rings (SSSR count). The molecule has 0 unspecified atom stereocenters. The number of hydrogen-bond donors (Lipinski definition) is 3. The SMILES string of the molecule is N/C(=N/O)C1(C(=O)Nc2cc(Br)ccc2Br)CC1. The number of amides is 1. The third kappa shape index (κ3) is 2.37. The molecule has 0 aliphatic heterocycles. The number of nitrogens with two attached hydrogens (primary N) is 1. The summed E-state index contributed by atoms with van der Waals surface area (Å²) in [7, 11) is 0. The summed E-state index contributed by atoms with van der Waals surface area (Å²) in [6.45, 7) is 0. The van der Waals surface area contributed by atoms with Gasteiger partial charge in [0.15, 0.2) is 5.84 Å². The smallest absolute Gasteiger partial charge is 0.238 e. The molecule has 0 radical (unpaired) electrons. The van der Waals surface area contributed by atoms with E-state index in [1.165, 1.54) is 0 Å². The second-order valence-electron chi connectivity index (χ2n) is 4.15. The molecule has 1 aliphatic carbocycles. The van der Waals surface area contributed by atoms with E-state index in [0.717, 1.165) is 8.95 Å². The van der Waals surface area contributed by atoms with E-state index < -0.39 is 5.41 Å². The van der Waals surface area contributed by atoms with E-state index in [9.17, 15) is 4.79 Å². The average molecular weight is 377 g/mol. The first-order valence-electron chi connectivity index (χ1n) is 5.24. The van der Waals surface area contributed by atoms with Crippen LogP contribution >= 0.6 is 31.9 Å². The van der Waals surface area contributed by atoms with Crippen LogP contribution in [0.15, 0.2) is 32.3 Å². The topological polar surface area (TPSA) is 87.7 Å². The summed E-state index contributed by atoms with van der Waals surface area (Å²) in [5, 5.41) is 14.4. The van der Waals surface area contributed by atoms with Gasteiger partial charge in [-0.05, 0) is 47.0 Å². The maximum atomic E-state index is 12.1. The van der Waals surface area contributed by atoms with Gasteiger partial charge in [-0.15, -0.1) is 0 Å². The van der Waals surface area contributed by atoms with Gasteiger partial charge in [-0.2, -0.15) is 0 Å². The van der Waals surface area contributed by atoms with Crippen molar-refractivity contribution in [3.05, 3.63) is 27.1 Å². The predicted octanol–water partition coefficient (Wildman–Crippen LogP) is 2.68. The number of hydrogen-bond acceptors (Lipinski definition) is 3. The number of halogens is 2. The Morgan fingerprint density at radius 2 is 2.11 bits per heavy atom. The minimum atomic E-state index is -0.851. The number of nitrogens with one attached hydrogen (secondary N) is 1. The van der Waals surface area contributed by atoms with Crippen LogP contribution in [-0.2, 0) is 4.79 Å². The van der Waals surface area contributed by atoms with E-state index in [4.69, 9.17) is 10.9 Å². The fourth-order valence-electron chi connectivity index (χ4n) is 1.66. The molecule has 1 saturated carbocycles. The van der Waals surface area contributed by atoms with Gasteiger partial charge in [0.05, 0.1) is 5.69 Å². The molecule has 0 heterocycles. The highest BCUT2D eigenvalue weighted by atomic mass is 79.9. The minimum absolute atomic E-state index is 0.0360. The Kier molecular flexibility index (Phi) is 3.63. The zero-order chi connectivity index (χ0) is 13.3. The van der Waals surface area contributed by atoms with Crippen molar-refractivity contribution in [2.24, 2.45) is 16.3 Å². The summed E-state index contributed by atoms with van der Waals surface area (Å²) < 4.78 is 1.63. The highest BCUT2D eigenvalue weighted by molar-refractivity contribution is 9.11. The largest absolute Gasteiger partial charge is 0.409 e. The van der Waals surface area contributed by atoms with E-state index >= 15 is 0 Å². The molecule has 4 N–H and O–H groups in total. The number of amidine groups is 1. The van der Waals surface area contributed by atoms with Crippen LogP contribution in [-0.4, -0.2) is 17.0 Å². The van der Waals surface area contributed by atoms with Gasteiger partial charge in [0, 0.05) is 8.95 Å². The molecule has 1 aliphatic rings. The molecule has 1 fully saturated rings. The van der Waals surface area contributed by atoms with Crippen molar-refractivity contribution < 1.29 is 10.0 Å². The summed E-state index contributed by atoms with van der Waals surface area (Å²) in [5.41, 5.74) is 5.35. The lowest BCUT2D eigenvalue weighted by atomic mass is 10.1. The van der Waals surface area contributed by atoms with E-state index in [1.54, 1.807) is 6.07 Å². The molecule has 1 aromatic rings. The summed E-state index contributed by atoms with van der Waals surface area (Å²) in [6.07, 6.45) is 1.20. The van der Waals surface area contributed by atoms with Crippen LogP contribution < -0.4 is 11.1 Å². The van der Waals surface area contributed by atoms with Gasteiger partial charge < -0.3 is 16.3 Å². The first-order valence-corrected chi connectivity index (χ1v) is 6.83. The summed E-state index contributed by atoms with van der Waals surface area (Å²) in [6, 6.07) is 5.46. The van der Waals surface area contributed by atoms with Crippen molar-refractivity contribution in [3.63, 3.8) is 0 Å². The molecule has 1 amide bonds. The highest BCUT2D eigenvalue weighted by Crippen LogP contribution is 2.47. The quantitative estimate of drug-likeness (QED) is 0.328. The van der Waals surface area contributed by atoms with Crippen molar-refractivity contribution in [3.8, 4) is 0 Å². The van der Waals surface area contributed by atoms with Gasteiger partial charge in [0.1, 0.15) is 5.41 Å². The van der Waals surface area contributed by atoms with Crippen molar-refractivity contribution in [2.75, 3.05) is 5.32 Å². The van der Waals surface area contributed by atoms with Gasteiger partial charge in [-0.3, -0.25) is 4.79 Å². The highest BCUT2D eigenvalue weighted by Gasteiger charge is 2.54. The zero-order valence-electron chi connectivity index (χ0n) is 9.28. The molecular formula is C11H11Br2N3O2. The second-order valence-corrected chi connectivity index (χ2v) is 5.92. The third-order valence-corrected chi connectivity index (χ3v) is 4.14. The van der Waals surface area contributed by atoms with Crippen LogP contribution in [0.3, 0.4) is 0 Å². The van der Waals surface area contributed by atoms with Crippen LogP contribution in [0, 0.1) is 5.41 Å². The number of carbonyl (C=O) groups is 1. The normalized spacial score (nSPS) is 17.3. The molecule has 0 spiro atoms. The second kappa shape index (κ2) is 4.89. The molecule has 1 aromatic carbocycles. The lowest BCUT2D eigenvalue weighted by molar-refractivity contribution is -0.119. The van der Waals surface area contributed by atoms with E-state index in [2.05, 4.69) is 42.3 Å². The van der Waals surface area contributed by atoms with Crippen molar-refractivity contribution in [2.45, 2.75) is 12.8 Å². The Hall–Kier alpha value is -1.08. The van der Waals surface area contributed by atoms with Gasteiger partial charge in [-0.25, -0.2) is 0 Å². The average Bonchev–Trinajstić information content (AvgIpc) is 3.14. The first-order chi connectivity index (χ1) is 8.49. The molecule has 0 saturated heterocycles. The molecule has 5 nitrogen and oxygen atoms in total. The monoisotopic (exact) mass is 375 g/mol. The Bertz CT molecular complexity index is 527. The Morgan fingerprint density at radius 1 is 1.44 bits per heavy atom. The Balaban J connectivity index is 2.20. The van der Waals surface area contributed by atoms with Gasteiger partial charge in [0.2, 0.25) is 5.91 Å². The number of nitrogens with zero attached hydrogens (tertiary/aromatic N) is 1. The lowest BCUT2D eigenvalue weighted by Gasteiger charge is -2.14. The van der Waals surface area contributed by atoms with Gasteiger partial charge in [0.25, 0.3) is 0 Å². The van der Waals surface area contributed by atoms with Crippen LogP contribution in [0.1, 0.15) is 12.8 Å². The number of oxime groups is 1. The number of rotatable bonds is 3. The predicted molar refractivity (Wildman–Crippen MR) is 75.5 cm³/mol. The summed E-state index contributed by atoms with van der Waals surface area (Å²) in [5.74, 6) is -0.289.